The number of hydrogen-bond acceptors (Lipinski definition) is 4. The number of likely N-dealkylation sites (tertiary alicyclic amines) is 1. The largest absolute Gasteiger partial charge is 0.450 e. The summed E-state index contributed by atoms with van der Waals surface area (Å²) in [7, 11) is 0. The van der Waals surface area contributed by atoms with E-state index in [0.717, 1.165) is 65.1 Å². The van der Waals surface area contributed by atoms with E-state index in [9.17, 15) is 9.59 Å². The topological polar surface area (TPSA) is 65.1 Å². The number of piperidine rings is 1. The van der Waals surface area contributed by atoms with Gasteiger partial charge in [0.1, 0.15) is 0 Å². The number of urea groups is 1. The molecule has 0 saturated carbocycles. The number of rotatable bonds is 5. The van der Waals surface area contributed by atoms with Crippen molar-refractivity contribution in [1.82, 2.24) is 20.0 Å². The first-order valence-electron chi connectivity index (χ1n) is 11.0. The second kappa shape index (κ2) is 10.7. The average Bonchev–Trinajstić information content (AvgIpc) is 2.75. The van der Waals surface area contributed by atoms with Crippen molar-refractivity contribution >= 4 is 12.1 Å². The van der Waals surface area contributed by atoms with E-state index in [1.165, 1.54) is 31.3 Å². The third-order valence-electron chi connectivity index (χ3n) is 6.22. The van der Waals surface area contributed by atoms with Crippen LogP contribution in [-0.2, 0) is 4.74 Å². The summed E-state index contributed by atoms with van der Waals surface area (Å²) in [5.41, 5.74) is 1.51. The van der Waals surface area contributed by atoms with Crippen LogP contribution in [0.2, 0.25) is 0 Å². The Balaban J connectivity index is 1.32. The van der Waals surface area contributed by atoms with Gasteiger partial charge in [-0.05, 0) is 51.9 Å². The molecule has 0 aromatic carbocycles. The Bertz CT molecular complexity index is 550. The second-order valence-corrected chi connectivity index (χ2v) is 8.03. The zero-order valence-electron chi connectivity index (χ0n) is 17.3. The lowest BCUT2D eigenvalue weighted by Gasteiger charge is -2.42. The molecule has 3 amide bonds. The maximum atomic E-state index is 12.4. The minimum atomic E-state index is -0.188. The first kappa shape index (κ1) is 21.0. The molecule has 1 N–H and O–H groups in total. The van der Waals surface area contributed by atoms with Gasteiger partial charge in [-0.2, -0.15) is 0 Å². The van der Waals surface area contributed by atoms with E-state index in [4.69, 9.17) is 4.74 Å². The Morgan fingerprint density at radius 1 is 1.07 bits per heavy atom. The Labute approximate surface area is 169 Å². The SMILES string of the molecule is CCOC(=O)N1CCC(N2CCN(C(=O)NCCC3=CCCCC3)CC2)CC1. The van der Waals surface area contributed by atoms with Gasteiger partial charge in [0.15, 0.2) is 0 Å². The summed E-state index contributed by atoms with van der Waals surface area (Å²) in [6.07, 6.45) is 10.1. The number of hydrogen-bond donors (Lipinski definition) is 1. The molecule has 2 saturated heterocycles. The molecule has 0 aromatic heterocycles. The predicted molar refractivity (Wildman–Crippen MR) is 109 cm³/mol. The lowest BCUT2D eigenvalue weighted by Crippen LogP contribution is -2.56. The standard InChI is InChI=1S/C21H36N4O3/c1-2-28-21(27)25-12-9-19(10-13-25)23-14-16-24(17-15-23)20(26)22-11-8-18-6-4-3-5-7-18/h6,19H,2-5,7-17H2,1H3,(H,22,26). The predicted octanol–water partition coefficient (Wildman–Crippen LogP) is 2.83. The number of carbonyl (C=O) groups is 2. The molecule has 0 spiro atoms. The molecule has 2 aliphatic heterocycles. The fourth-order valence-electron chi connectivity index (χ4n) is 4.49. The monoisotopic (exact) mass is 392 g/mol. The number of nitrogens with zero attached hydrogens (tertiary/aromatic N) is 3. The molecule has 0 bridgehead atoms. The van der Waals surface area contributed by atoms with Crippen molar-refractivity contribution in [2.45, 2.75) is 57.9 Å². The van der Waals surface area contributed by atoms with Crippen molar-refractivity contribution in [3.05, 3.63) is 11.6 Å². The number of ether oxygens (including phenoxy) is 1. The quantitative estimate of drug-likeness (QED) is 0.731. The van der Waals surface area contributed by atoms with Gasteiger partial charge < -0.3 is 19.9 Å². The van der Waals surface area contributed by atoms with Gasteiger partial charge in [-0.15, -0.1) is 0 Å². The third kappa shape index (κ3) is 5.87. The van der Waals surface area contributed by atoms with Crippen molar-refractivity contribution in [2.24, 2.45) is 0 Å². The summed E-state index contributed by atoms with van der Waals surface area (Å²) in [6.45, 7) is 7.95. The maximum absolute atomic E-state index is 12.4. The maximum Gasteiger partial charge on any atom is 0.409 e. The van der Waals surface area contributed by atoms with E-state index in [1.54, 1.807) is 0 Å². The van der Waals surface area contributed by atoms with Gasteiger partial charge >= 0.3 is 12.1 Å². The zero-order chi connectivity index (χ0) is 19.8. The van der Waals surface area contributed by atoms with Crippen LogP contribution in [0.1, 0.15) is 51.9 Å². The Morgan fingerprint density at radius 3 is 2.46 bits per heavy atom. The molecular weight excluding hydrogens is 356 g/mol. The van der Waals surface area contributed by atoms with Gasteiger partial charge in [0.25, 0.3) is 0 Å². The Morgan fingerprint density at radius 2 is 1.82 bits per heavy atom. The zero-order valence-corrected chi connectivity index (χ0v) is 17.3. The van der Waals surface area contributed by atoms with Crippen molar-refractivity contribution in [1.29, 1.82) is 0 Å². The summed E-state index contributed by atoms with van der Waals surface area (Å²) < 4.78 is 5.09. The molecule has 1 aliphatic carbocycles. The second-order valence-electron chi connectivity index (χ2n) is 8.03. The van der Waals surface area contributed by atoms with Gasteiger partial charge in [0, 0.05) is 51.9 Å². The molecule has 28 heavy (non-hydrogen) atoms. The highest BCUT2D eigenvalue weighted by molar-refractivity contribution is 5.74. The number of carbonyl (C=O) groups excluding carboxylic acids is 2. The van der Waals surface area contributed by atoms with Crippen LogP contribution >= 0.6 is 0 Å². The van der Waals surface area contributed by atoms with Crippen molar-refractivity contribution < 1.29 is 14.3 Å². The fourth-order valence-corrected chi connectivity index (χ4v) is 4.49. The van der Waals surface area contributed by atoms with Crippen LogP contribution in [-0.4, -0.2) is 85.3 Å². The molecule has 0 aromatic rings. The first-order chi connectivity index (χ1) is 13.7. The van der Waals surface area contributed by atoms with E-state index in [0.29, 0.717) is 12.6 Å². The number of amides is 3. The summed E-state index contributed by atoms with van der Waals surface area (Å²) in [5, 5.41) is 3.09. The van der Waals surface area contributed by atoms with Crippen LogP contribution in [0.15, 0.2) is 11.6 Å². The summed E-state index contributed by atoms with van der Waals surface area (Å²) in [5.74, 6) is 0. The van der Waals surface area contributed by atoms with Crippen LogP contribution in [0, 0.1) is 0 Å². The van der Waals surface area contributed by atoms with E-state index in [-0.39, 0.29) is 12.1 Å². The van der Waals surface area contributed by atoms with Gasteiger partial charge in [0.2, 0.25) is 0 Å². The number of allylic oxidation sites excluding steroid dienone is 1. The van der Waals surface area contributed by atoms with Crippen LogP contribution in [0.25, 0.3) is 0 Å². The molecule has 0 radical (unpaired) electrons. The molecule has 0 unspecified atom stereocenters. The summed E-state index contributed by atoms with van der Waals surface area (Å²) >= 11 is 0. The summed E-state index contributed by atoms with van der Waals surface area (Å²) in [4.78, 5) is 30.5. The van der Waals surface area contributed by atoms with Crippen LogP contribution in [0.5, 0.6) is 0 Å². The summed E-state index contributed by atoms with van der Waals surface area (Å²) in [6, 6.07) is 0.585. The first-order valence-corrected chi connectivity index (χ1v) is 11.0. The van der Waals surface area contributed by atoms with Gasteiger partial charge in [-0.1, -0.05) is 11.6 Å². The van der Waals surface area contributed by atoms with Crippen LogP contribution in [0.3, 0.4) is 0 Å². The third-order valence-corrected chi connectivity index (χ3v) is 6.22. The smallest absolute Gasteiger partial charge is 0.409 e. The Kier molecular flexibility index (Phi) is 8.01. The minimum absolute atomic E-state index is 0.0770. The van der Waals surface area contributed by atoms with Crippen LogP contribution in [0.4, 0.5) is 9.59 Å². The van der Waals surface area contributed by atoms with Crippen LogP contribution < -0.4 is 5.32 Å². The molecular formula is C21H36N4O3. The van der Waals surface area contributed by atoms with E-state index in [2.05, 4.69) is 16.3 Å². The highest BCUT2D eigenvalue weighted by atomic mass is 16.6. The minimum Gasteiger partial charge on any atom is -0.450 e. The van der Waals surface area contributed by atoms with Crippen molar-refractivity contribution in [3.63, 3.8) is 0 Å². The Hall–Kier alpha value is -1.76. The molecule has 7 nitrogen and oxygen atoms in total. The number of piperazine rings is 1. The number of nitrogens with one attached hydrogen (secondary N) is 1. The highest BCUT2D eigenvalue weighted by Crippen LogP contribution is 2.20. The average molecular weight is 393 g/mol. The van der Waals surface area contributed by atoms with Crippen molar-refractivity contribution in [3.8, 4) is 0 Å². The molecule has 3 rings (SSSR count). The van der Waals surface area contributed by atoms with E-state index >= 15 is 0 Å². The fraction of sp³-hybridized carbons (Fsp3) is 0.810. The lowest BCUT2D eigenvalue weighted by molar-refractivity contribution is 0.0568. The lowest BCUT2D eigenvalue weighted by atomic mass is 9.97. The molecule has 2 heterocycles. The normalized spacial score (nSPS) is 22.0. The molecule has 158 valence electrons. The van der Waals surface area contributed by atoms with Gasteiger partial charge in [-0.3, -0.25) is 4.90 Å². The van der Waals surface area contributed by atoms with Crippen molar-refractivity contribution in [2.75, 3.05) is 52.4 Å². The van der Waals surface area contributed by atoms with Gasteiger partial charge in [-0.25, -0.2) is 9.59 Å². The molecule has 7 heteroatoms. The highest BCUT2D eigenvalue weighted by Gasteiger charge is 2.30. The molecule has 2 fully saturated rings. The van der Waals surface area contributed by atoms with E-state index in [1.807, 2.05) is 16.7 Å². The van der Waals surface area contributed by atoms with Gasteiger partial charge in [0.05, 0.1) is 6.61 Å². The molecule has 3 aliphatic rings. The van der Waals surface area contributed by atoms with E-state index < -0.39 is 0 Å². The molecule has 0 atom stereocenters.